The van der Waals surface area contributed by atoms with Crippen LogP contribution >= 0.6 is 0 Å². The summed E-state index contributed by atoms with van der Waals surface area (Å²) in [6.45, 7) is 0. The van der Waals surface area contributed by atoms with Gasteiger partial charge in [0, 0.05) is 39.9 Å². The Kier molecular flexibility index (Phi) is 4.69. The number of H-pyrrole nitrogens is 1. The van der Waals surface area contributed by atoms with E-state index in [1.165, 1.54) is 36.4 Å². The molecule has 4 rings (SSSR count). The molecular formula is C21H15N5O4. The molecular weight excluding hydrogens is 386 g/mol. The fourth-order valence-electron chi connectivity index (χ4n) is 3.07. The summed E-state index contributed by atoms with van der Waals surface area (Å²) < 4.78 is 0. The number of amides is 2. The quantitative estimate of drug-likeness (QED) is 0.346. The Bertz CT molecular complexity index is 1290. The van der Waals surface area contributed by atoms with Crippen LogP contribution in [0.3, 0.4) is 0 Å². The summed E-state index contributed by atoms with van der Waals surface area (Å²) in [5.41, 5.74) is 8.23. The molecule has 0 saturated heterocycles. The summed E-state index contributed by atoms with van der Waals surface area (Å²) in [6, 6.07) is 17.4. The first-order valence-electron chi connectivity index (χ1n) is 8.86. The number of rotatable bonds is 5. The van der Waals surface area contributed by atoms with Gasteiger partial charge in [0.05, 0.1) is 10.4 Å². The molecule has 1 aromatic heterocycles. The lowest BCUT2D eigenvalue weighted by Gasteiger charge is -2.06. The number of carbonyl (C=O) groups is 2. The molecule has 9 heteroatoms. The number of carbonyl (C=O) groups excluding carboxylic acids is 2. The summed E-state index contributed by atoms with van der Waals surface area (Å²) in [4.78, 5) is 34.3. The minimum absolute atomic E-state index is 0.0347. The molecule has 0 fully saturated rings. The Balaban J connectivity index is 1.64. The first kappa shape index (κ1) is 18.8. The first-order valence-corrected chi connectivity index (χ1v) is 8.86. The monoisotopic (exact) mass is 401 g/mol. The van der Waals surface area contributed by atoms with E-state index in [-0.39, 0.29) is 11.6 Å². The van der Waals surface area contributed by atoms with Gasteiger partial charge in [-0.05, 0) is 42.5 Å². The number of nitrogens with one attached hydrogen (secondary N) is 2. The summed E-state index contributed by atoms with van der Waals surface area (Å²) >= 11 is 0. The first-order chi connectivity index (χ1) is 14.4. The topological polar surface area (TPSA) is 144 Å². The molecule has 30 heavy (non-hydrogen) atoms. The van der Waals surface area contributed by atoms with Crippen molar-refractivity contribution in [2.75, 3.05) is 5.32 Å². The van der Waals surface area contributed by atoms with E-state index < -0.39 is 10.8 Å². The standard InChI is InChI=1S/C21H15N5O4/c22-20(27)12-4-6-13(7-5-12)21(28)23-15-8-9-18-17(11-15)19(25-24-18)14-2-1-3-16(10-14)26(29)30/h1-11H,(H2,22,27)(H,23,28)(H,24,25). The highest BCUT2D eigenvalue weighted by Gasteiger charge is 2.14. The number of benzene rings is 3. The van der Waals surface area contributed by atoms with Crippen molar-refractivity contribution in [3.63, 3.8) is 0 Å². The lowest BCUT2D eigenvalue weighted by Crippen LogP contribution is -2.14. The number of hydrogen-bond acceptors (Lipinski definition) is 5. The third kappa shape index (κ3) is 3.59. The van der Waals surface area contributed by atoms with Crippen molar-refractivity contribution in [1.29, 1.82) is 0 Å². The van der Waals surface area contributed by atoms with E-state index >= 15 is 0 Å². The van der Waals surface area contributed by atoms with Gasteiger partial charge < -0.3 is 11.1 Å². The van der Waals surface area contributed by atoms with E-state index in [0.717, 1.165) is 5.52 Å². The van der Waals surface area contributed by atoms with Crippen molar-refractivity contribution >= 4 is 34.1 Å². The molecule has 2 amide bonds. The molecule has 0 atom stereocenters. The maximum Gasteiger partial charge on any atom is 0.270 e. The lowest BCUT2D eigenvalue weighted by molar-refractivity contribution is -0.384. The van der Waals surface area contributed by atoms with Crippen molar-refractivity contribution in [3.05, 3.63) is 88.0 Å². The normalized spacial score (nSPS) is 10.7. The fourth-order valence-corrected chi connectivity index (χ4v) is 3.07. The minimum Gasteiger partial charge on any atom is -0.366 e. The highest BCUT2D eigenvalue weighted by atomic mass is 16.6. The highest BCUT2D eigenvalue weighted by Crippen LogP contribution is 2.30. The van der Waals surface area contributed by atoms with Gasteiger partial charge in [0.2, 0.25) is 5.91 Å². The molecule has 0 bridgehead atoms. The number of fused-ring (bicyclic) bond motifs is 1. The number of primary amides is 1. The molecule has 4 aromatic rings. The second kappa shape index (κ2) is 7.47. The number of aromatic amines is 1. The Morgan fingerprint density at radius 1 is 1.00 bits per heavy atom. The van der Waals surface area contributed by atoms with Crippen LogP contribution in [0.25, 0.3) is 22.2 Å². The lowest BCUT2D eigenvalue weighted by atomic mass is 10.1. The molecule has 9 nitrogen and oxygen atoms in total. The number of nitro groups is 1. The molecule has 0 aliphatic rings. The predicted octanol–water partition coefficient (Wildman–Crippen LogP) is 3.49. The van der Waals surface area contributed by atoms with Crippen LogP contribution in [0.4, 0.5) is 11.4 Å². The minimum atomic E-state index is -0.568. The van der Waals surface area contributed by atoms with Crippen molar-refractivity contribution in [1.82, 2.24) is 10.2 Å². The number of nitro benzene ring substituents is 1. The predicted molar refractivity (Wildman–Crippen MR) is 111 cm³/mol. The van der Waals surface area contributed by atoms with E-state index in [1.807, 2.05) is 0 Å². The average molecular weight is 401 g/mol. The maximum atomic E-state index is 12.5. The van der Waals surface area contributed by atoms with E-state index in [9.17, 15) is 19.7 Å². The van der Waals surface area contributed by atoms with Gasteiger partial charge in [0.25, 0.3) is 11.6 Å². The smallest absolute Gasteiger partial charge is 0.270 e. The number of anilines is 1. The Morgan fingerprint density at radius 3 is 2.43 bits per heavy atom. The van der Waals surface area contributed by atoms with Gasteiger partial charge in [0.1, 0.15) is 5.69 Å². The molecule has 0 aliphatic heterocycles. The fraction of sp³-hybridized carbons (Fsp3) is 0. The third-order valence-electron chi connectivity index (χ3n) is 4.58. The van der Waals surface area contributed by atoms with Gasteiger partial charge in [-0.2, -0.15) is 5.10 Å². The van der Waals surface area contributed by atoms with Crippen molar-refractivity contribution in [2.45, 2.75) is 0 Å². The zero-order chi connectivity index (χ0) is 21.3. The van der Waals surface area contributed by atoms with E-state index in [1.54, 1.807) is 30.3 Å². The van der Waals surface area contributed by atoms with Gasteiger partial charge in [-0.1, -0.05) is 12.1 Å². The number of nitrogens with zero attached hydrogens (tertiary/aromatic N) is 2. The zero-order valence-corrected chi connectivity index (χ0v) is 15.5. The largest absolute Gasteiger partial charge is 0.366 e. The zero-order valence-electron chi connectivity index (χ0n) is 15.5. The van der Waals surface area contributed by atoms with Gasteiger partial charge in [0.15, 0.2) is 0 Å². The number of non-ortho nitro benzene ring substituents is 1. The Labute approximate surface area is 169 Å². The number of aromatic nitrogens is 2. The third-order valence-corrected chi connectivity index (χ3v) is 4.58. The van der Waals surface area contributed by atoms with E-state index in [4.69, 9.17) is 5.73 Å². The van der Waals surface area contributed by atoms with Crippen LogP contribution in [-0.4, -0.2) is 26.9 Å². The van der Waals surface area contributed by atoms with Crippen LogP contribution in [0.2, 0.25) is 0 Å². The highest BCUT2D eigenvalue weighted by molar-refractivity contribution is 6.06. The maximum absolute atomic E-state index is 12.5. The SMILES string of the molecule is NC(=O)c1ccc(C(=O)Nc2ccc3[nH]nc(-c4cccc([N+](=O)[O-])c4)c3c2)cc1. The molecule has 3 aromatic carbocycles. The second-order valence-corrected chi connectivity index (χ2v) is 6.54. The Hall–Kier alpha value is -4.53. The van der Waals surface area contributed by atoms with Crippen LogP contribution in [0.1, 0.15) is 20.7 Å². The Morgan fingerprint density at radius 2 is 1.73 bits per heavy atom. The van der Waals surface area contributed by atoms with E-state index in [2.05, 4.69) is 15.5 Å². The summed E-state index contributed by atoms with van der Waals surface area (Å²) in [5.74, 6) is -0.924. The number of nitrogens with two attached hydrogens (primary N) is 1. The molecule has 0 unspecified atom stereocenters. The molecule has 0 spiro atoms. The van der Waals surface area contributed by atoms with Crippen LogP contribution < -0.4 is 11.1 Å². The average Bonchev–Trinajstić information content (AvgIpc) is 3.17. The van der Waals surface area contributed by atoms with Crippen LogP contribution in [-0.2, 0) is 0 Å². The van der Waals surface area contributed by atoms with Crippen molar-refractivity contribution in [3.8, 4) is 11.3 Å². The van der Waals surface area contributed by atoms with Crippen LogP contribution in [0, 0.1) is 10.1 Å². The van der Waals surface area contributed by atoms with Crippen LogP contribution in [0.5, 0.6) is 0 Å². The molecule has 0 radical (unpaired) electrons. The molecule has 148 valence electrons. The van der Waals surface area contributed by atoms with Crippen molar-refractivity contribution < 1.29 is 14.5 Å². The number of hydrogen-bond donors (Lipinski definition) is 3. The molecule has 0 saturated carbocycles. The van der Waals surface area contributed by atoms with Crippen LogP contribution in [0.15, 0.2) is 66.7 Å². The molecule has 4 N–H and O–H groups in total. The second-order valence-electron chi connectivity index (χ2n) is 6.54. The summed E-state index contributed by atoms with van der Waals surface area (Å²) in [5, 5.41) is 21.7. The van der Waals surface area contributed by atoms with E-state index in [0.29, 0.717) is 33.5 Å². The van der Waals surface area contributed by atoms with Gasteiger partial charge in [-0.3, -0.25) is 24.8 Å². The van der Waals surface area contributed by atoms with Crippen molar-refractivity contribution in [2.24, 2.45) is 5.73 Å². The van der Waals surface area contributed by atoms with Gasteiger partial charge in [-0.15, -0.1) is 0 Å². The molecule has 0 aliphatic carbocycles. The van der Waals surface area contributed by atoms with Gasteiger partial charge >= 0.3 is 0 Å². The summed E-state index contributed by atoms with van der Waals surface area (Å²) in [7, 11) is 0. The molecule has 1 heterocycles. The summed E-state index contributed by atoms with van der Waals surface area (Å²) in [6.07, 6.45) is 0. The van der Waals surface area contributed by atoms with Gasteiger partial charge in [-0.25, -0.2) is 0 Å².